The van der Waals surface area contributed by atoms with Crippen molar-refractivity contribution in [2.75, 3.05) is 13.1 Å². The van der Waals surface area contributed by atoms with Gasteiger partial charge in [-0.2, -0.15) is 0 Å². The van der Waals surface area contributed by atoms with Gasteiger partial charge in [0.05, 0.1) is 16.3 Å². The van der Waals surface area contributed by atoms with Crippen molar-refractivity contribution < 1.29 is 4.79 Å². The van der Waals surface area contributed by atoms with Crippen LogP contribution in [0.3, 0.4) is 0 Å². The van der Waals surface area contributed by atoms with Crippen LogP contribution in [0.25, 0.3) is 0 Å². The summed E-state index contributed by atoms with van der Waals surface area (Å²) < 4.78 is 0. The highest BCUT2D eigenvalue weighted by Crippen LogP contribution is 2.15. The maximum absolute atomic E-state index is 11.9. The van der Waals surface area contributed by atoms with Gasteiger partial charge in [0, 0.05) is 18.9 Å². The predicted molar refractivity (Wildman–Crippen MR) is 80.5 cm³/mol. The summed E-state index contributed by atoms with van der Waals surface area (Å²) in [5, 5.41) is 2.90. The van der Waals surface area contributed by atoms with Crippen molar-refractivity contribution in [3.05, 3.63) is 52.0 Å². The summed E-state index contributed by atoms with van der Waals surface area (Å²) in [5.74, 6) is 5.63. The fourth-order valence-corrected chi connectivity index (χ4v) is 2.42. The molecule has 2 rings (SSSR count). The third-order valence-electron chi connectivity index (χ3n) is 2.59. The number of nitrogens with zero attached hydrogens (tertiary/aromatic N) is 1. The van der Waals surface area contributed by atoms with Crippen molar-refractivity contribution in [2.45, 2.75) is 6.42 Å². The molecule has 2 heterocycles. The van der Waals surface area contributed by atoms with Gasteiger partial charge in [-0.3, -0.25) is 9.78 Å². The van der Waals surface area contributed by atoms with Crippen LogP contribution in [0.1, 0.15) is 20.1 Å². The first-order valence-electron chi connectivity index (χ1n) is 6.25. The maximum Gasteiger partial charge on any atom is 0.261 e. The Morgan fingerprint density at radius 3 is 2.85 bits per heavy atom. The Labute approximate surface area is 122 Å². The molecule has 0 aromatic carbocycles. The lowest BCUT2D eigenvalue weighted by atomic mass is 10.2. The molecule has 0 aliphatic rings. The average molecular weight is 285 g/mol. The molecule has 0 saturated heterocycles. The topological polar surface area (TPSA) is 68.0 Å². The monoisotopic (exact) mass is 285 g/mol. The van der Waals surface area contributed by atoms with Crippen molar-refractivity contribution >= 4 is 17.2 Å². The van der Waals surface area contributed by atoms with Crippen LogP contribution in [0.4, 0.5) is 0 Å². The minimum Gasteiger partial charge on any atom is -0.351 e. The van der Waals surface area contributed by atoms with Crippen LogP contribution in [0.5, 0.6) is 0 Å². The van der Waals surface area contributed by atoms with E-state index in [-0.39, 0.29) is 5.91 Å². The minimum absolute atomic E-state index is 0.0649. The maximum atomic E-state index is 11.9. The van der Waals surface area contributed by atoms with Crippen molar-refractivity contribution in [1.82, 2.24) is 10.3 Å². The molecule has 0 aliphatic heterocycles. The van der Waals surface area contributed by atoms with E-state index < -0.39 is 0 Å². The molecule has 5 heteroatoms. The van der Waals surface area contributed by atoms with Gasteiger partial charge in [-0.15, -0.1) is 11.3 Å². The molecule has 0 bridgehead atoms. The zero-order valence-corrected chi connectivity index (χ0v) is 11.7. The van der Waals surface area contributed by atoms with E-state index in [4.69, 9.17) is 5.73 Å². The molecule has 2 aromatic rings. The summed E-state index contributed by atoms with van der Waals surface area (Å²) in [6, 6.07) is 7.51. The Morgan fingerprint density at radius 1 is 1.30 bits per heavy atom. The summed E-state index contributed by atoms with van der Waals surface area (Å²) in [6.45, 7) is 0.927. The lowest BCUT2D eigenvalue weighted by Crippen LogP contribution is -2.24. The van der Waals surface area contributed by atoms with E-state index in [2.05, 4.69) is 22.1 Å². The molecule has 0 radical (unpaired) electrons. The molecule has 2 aromatic heterocycles. The number of aromatic nitrogens is 1. The van der Waals surface area contributed by atoms with Crippen molar-refractivity contribution in [3.63, 3.8) is 0 Å². The third-order valence-corrected chi connectivity index (χ3v) is 3.59. The Kier molecular flexibility index (Phi) is 5.30. The number of nitrogens with two attached hydrogens (primary N) is 1. The van der Waals surface area contributed by atoms with Crippen molar-refractivity contribution in [3.8, 4) is 11.8 Å². The van der Waals surface area contributed by atoms with E-state index in [9.17, 15) is 4.79 Å². The van der Waals surface area contributed by atoms with E-state index >= 15 is 0 Å². The van der Waals surface area contributed by atoms with Crippen LogP contribution >= 0.6 is 11.3 Å². The van der Waals surface area contributed by atoms with Crippen LogP contribution in [-0.2, 0) is 6.42 Å². The minimum atomic E-state index is -0.0649. The number of carbonyl (C=O) groups excluding carboxylic acids is 1. The fourth-order valence-electron chi connectivity index (χ4n) is 1.62. The second-order valence-electron chi connectivity index (χ2n) is 4.03. The molecule has 0 atom stereocenters. The number of amides is 1. The summed E-state index contributed by atoms with van der Waals surface area (Å²) in [6.07, 6.45) is 4.29. The number of rotatable bonds is 4. The lowest BCUT2D eigenvalue weighted by Gasteiger charge is -2.03. The summed E-state index contributed by atoms with van der Waals surface area (Å²) in [7, 11) is 0. The largest absolute Gasteiger partial charge is 0.351 e. The van der Waals surface area contributed by atoms with E-state index in [0.717, 1.165) is 16.9 Å². The van der Waals surface area contributed by atoms with Crippen LogP contribution in [-0.4, -0.2) is 24.0 Å². The van der Waals surface area contributed by atoms with E-state index in [1.807, 2.05) is 18.2 Å². The SMILES string of the molecule is NCC#Cc1ccc(C(=O)NCCc2ccncc2)s1. The molecular formula is C15H15N3OS. The van der Waals surface area contributed by atoms with Gasteiger partial charge in [-0.05, 0) is 36.2 Å². The molecule has 20 heavy (non-hydrogen) atoms. The molecule has 4 nitrogen and oxygen atoms in total. The van der Waals surface area contributed by atoms with Gasteiger partial charge in [0.15, 0.2) is 0 Å². The quantitative estimate of drug-likeness (QED) is 0.835. The molecule has 0 fully saturated rings. The van der Waals surface area contributed by atoms with Crippen LogP contribution in [0.2, 0.25) is 0 Å². The Bertz CT molecular complexity index is 625. The highest BCUT2D eigenvalue weighted by atomic mass is 32.1. The number of hydrogen-bond acceptors (Lipinski definition) is 4. The smallest absolute Gasteiger partial charge is 0.261 e. The first-order valence-corrected chi connectivity index (χ1v) is 7.07. The van der Waals surface area contributed by atoms with E-state index in [1.54, 1.807) is 18.5 Å². The summed E-state index contributed by atoms with van der Waals surface area (Å²) in [5.41, 5.74) is 6.46. The van der Waals surface area contributed by atoms with Gasteiger partial charge in [0.1, 0.15) is 0 Å². The Morgan fingerprint density at radius 2 is 2.10 bits per heavy atom. The first kappa shape index (κ1) is 14.3. The van der Waals surface area contributed by atoms with Gasteiger partial charge < -0.3 is 11.1 Å². The number of carbonyl (C=O) groups is 1. The molecule has 1 amide bonds. The summed E-state index contributed by atoms with van der Waals surface area (Å²) >= 11 is 1.38. The summed E-state index contributed by atoms with van der Waals surface area (Å²) in [4.78, 5) is 17.4. The van der Waals surface area contributed by atoms with Crippen LogP contribution in [0, 0.1) is 11.8 Å². The molecule has 0 saturated carbocycles. The zero-order valence-electron chi connectivity index (χ0n) is 10.9. The van der Waals surface area contributed by atoms with E-state index in [0.29, 0.717) is 18.0 Å². The predicted octanol–water partition coefficient (Wildman–Crippen LogP) is 1.43. The highest BCUT2D eigenvalue weighted by molar-refractivity contribution is 7.14. The molecule has 0 aliphatic carbocycles. The van der Waals surface area contributed by atoms with E-state index in [1.165, 1.54) is 11.3 Å². The van der Waals surface area contributed by atoms with Crippen LogP contribution < -0.4 is 11.1 Å². The number of nitrogens with one attached hydrogen (secondary N) is 1. The molecule has 3 N–H and O–H groups in total. The van der Waals surface area contributed by atoms with Crippen molar-refractivity contribution in [2.24, 2.45) is 5.73 Å². The van der Waals surface area contributed by atoms with Gasteiger partial charge in [-0.1, -0.05) is 11.8 Å². The molecule has 0 unspecified atom stereocenters. The van der Waals surface area contributed by atoms with Crippen molar-refractivity contribution in [1.29, 1.82) is 0 Å². The lowest BCUT2D eigenvalue weighted by molar-refractivity contribution is 0.0958. The number of thiophene rings is 1. The number of pyridine rings is 1. The Hall–Kier alpha value is -2.16. The second-order valence-corrected chi connectivity index (χ2v) is 5.11. The number of hydrogen-bond donors (Lipinski definition) is 2. The normalized spacial score (nSPS) is 9.65. The van der Waals surface area contributed by atoms with Gasteiger partial charge in [0.25, 0.3) is 5.91 Å². The standard InChI is InChI=1S/C15H15N3OS/c16-8-1-2-13-3-4-14(20-13)15(19)18-11-7-12-5-9-17-10-6-12/h3-6,9-10H,7-8,11,16H2,(H,18,19). The zero-order chi connectivity index (χ0) is 14.2. The molecule has 0 spiro atoms. The average Bonchev–Trinajstić information content (AvgIpc) is 2.95. The van der Waals surface area contributed by atoms with Crippen LogP contribution in [0.15, 0.2) is 36.7 Å². The second kappa shape index (κ2) is 7.43. The Balaban J connectivity index is 1.84. The van der Waals surface area contributed by atoms with Gasteiger partial charge in [-0.25, -0.2) is 0 Å². The van der Waals surface area contributed by atoms with Gasteiger partial charge in [0.2, 0.25) is 0 Å². The highest BCUT2D eigenvalue weighted by Gasteiger charge is 2.07. The molecule has 102 valence electrons. The third kappa shape index (κ3) is 4.19. The first-order chi connectivity index (χ1) is 9.79. The molecular weight excluding hydrogens is 270 g/mol. The van der Waals surface area contributed by atoms with Gasteiger partial charge >= 0.3 is 0 Å². The fraction of sp³-hybridized carbons (Fsp3) is 0.200.